The van der Waals surface area contributed by atoms with Crippen molar-refractivity contribution in [2.45, 2.75) is 12.8 Å². The molecule has 0 saturated heterocycles. The second-order valence-electron chi connectivity index (χ2n) is 5.44. The van der Waals surface area contributed by atoms with Crippen molar-refractivity contribution < 1.29 is 9.21 Å². The molecule has 2 aromatic carbocycles. The van der Waals surface area contributed by atoms with E-state index >= 15 is 0 Å². The van der Waals surface area contributed by atoms with Crippen LogP contribution in [0.2, 0.25) is 5.02 Å². The van der Waals surface area contributed by atoms with Crippen LogP contribution in [0.5, 0.6) is 0 Å². The van der Waals surface area contributed by atoms with Gasteiger partial charge in [0.15, 0.2) is 5.58 Å². The van der Waals surface area contributed by atoms with Gasteiger partial charge in [0.25, 0.3) is 0 Å². The average Bonchev–Trinajstić information content (AvgIpc) is 3.28. The summed E-state index contributed by atoms with van der Waals surface area (Å²) >= 11 is 6.26. The number of halogens is 1. The van der Waals surface area contributed by atoms with E-state index in [4.69, 9.17) is 16.0 Å². The van der Waals surface area contributed by atoms with Crippen LogP contribution in [0.15, 0.2) is 46.9 Å². The number of nitrogens with one attached hydrogen (secondary N) is 1. The van der Waals surface area contributed by atoms with Crippen LogP contribution < -0.4 is 5.32 Å². The van der Waals surface area contributed by atoms with E-state index in [1.165, 1.54) is 0 Å². The van der Waals surface area contributed by atoms with Gasteiger partial charge in [0.05, 0.1) is 10.6 Å². The lowest BCUT2D eigenvalue weighted by Gasteiger charge is -2.06. The summed E-state index contributed by atoms with van der Waals surface area (Å²) in [7, 11) is 0. The third kappa shape index (κ3) is 2.46. The quantitative estimate of drug-likeness (QED) is 0.775. The van der Waals surface area contributed by atoms with Crippen LogP contribution in [0.3, 0.4) is 0 Å². The number of rotatable bonds is 3. The first-order chi connectivity index (χ1) is 10.7. The van der Waals surface area contributed by atoms with Gasteiger partial charge in [-0.1, -0.05) is 23.7 Å². The number of anilines is 1. The number of hydrogen-bond acceptors (Lipinski definition) is 3. The third-order valence-electron chi connectivity index (χ3n) is 3.71. The van der Waals surface area contributed by atoms with Crippen molar-refractivity contribution in [3.8, 4) is 11.5 Å². The molecule has 110 valence electrons. The Labute approximate surface area is 132 Å². The minimum Gasteiger partial charge on any atom is -0.436 e. The summed E-state index contributed by atoms with van der Waals surface area (Å²) in [5.74, 6) is 0.669. The first-order valence-electron chi connectivity index (χ1n) is 7.17. The molecule has 1 fully saturated rings. The predicted octanol–water partition coefficient (Wildman–Crippen LogP) is 4.50. The van der Waals surface area contributed by atoms with Gasteiger partial charge in [0.1, 0.15) is 5.52 Å². The number of carbonyl (C=O) groups is 1. The number of benzene rings is 2. The van der Waals surface area contributed by atoms with E-state index in [9.17, 15) is 4.79 Å². The Bertz CT molecular complexity index is 835. The summed E-state index contributed by atoms with van der Waals surface area (Å²) in [5, 5.41) is 3.45. The molecule has 0 spiro atoms. The van der Waals surface area contributed by atoms with Crippen molar-refractivity contribution in [3.63, 3.8) is 0 Å². The molecule has 0 radical (unpaired) electrons. The van der Waals surface area contributed by atoms with E-state index in [2.05, 4.69) is 10.3 Å². The topological polar surface area (TPSA) is 55.1 Å². The fourth-order valence-electron chi connectivity index (χ4n) is 2.34. The van der Waals surface area contributed by atoms with Gasteiger partial charge in [-0.25, -0.2) is 4.98 Å². The number of aromatic nitrogens is 1. The summed E-state index contributed by atoms with van der Waals surface area (Å²) in [6.07, 6.45) is 1.94. The lowest BCUT2D eigenvalue weighted by molar-refractivity contribution is -0.117. The van der Waals surface area contributed by atoms with Gasteiger partial charge < -0.3 is 9.73 Å². The Morgan fingerprint density at radius 2 is 2.05 bits per heavy atom. The largest absolute Gasteiger partial charge is 0.436 e. The molecular weight excluding hydrogens is 300 g/mol. The molecule has 22 heavy (non-hydrogen) atoms. The standard InChI is InChI=1S/C17H13ClN2O2/c18-13-8-7-11(19-16(21)10-5-6-10)9-12(13)17-20-14-3-1-2-4-15(14)22-17/h1-4,7-10H,5-6H2,(H,19,21). The molecule has 1 aromatic heterocycles. The zero-order valence-corrected chi connectivity index (χ0v) is 12.4. The number of para-hydroxylation sites is 2. The van der Waals surface area contributed by atoms with Crippen molar-refractivity contribution in [1.29, 1.82) is 0 Å². The lowest BCUT2D eigenvalue weighted by atomic mass is 10.2. The zero-order valence-electron chi connectivity index (χ0n) is 11.7. The van der Waals surface area contributed by atoms with Gasteiger partial charge in [-0.15, -0.1) is 0 Å². The number of amides is 1. The maximum Gasteiger partial charge on any atom is 0.228 e. The highest BCUT2D eigenvalue weighted by Crippen LogP contribution is 2.34. The number of fused-ring (bicyclic) bond motifs is 1. The van der Waals surface area contributed by atoms with Crippen molar-refractivity contribution >= 4 is 34.3 Å². The fourth-order valence-corrected chi connectivity index (χ4v) is 2.54. The van der Waals surface area contributed by atoms with Crippen LogP contribution in [-0.4, -0.2) is 10.9 Å². The molecule has 4 nitrogen and oxygen atoms in total. The van der Waals surface area contributed by atoms with Crippen LogP contribution >= 0.6 is 11.6 Å². The Morgan fingerprint density at radius 3 is 2.82 bits per heavy atom. The fraction of sp³-hybridized carbons (Fsp3) is 0.176. The van der Waals surface area contributed by atoms with Crippen molar-refractivity contribution in [1.82, 2.24) is 4.98 Å². The zero-order chi connectivity index (χ0) is 15.1. The van der Waals surface area contributed by atoms with Crippen LogP contribution in [0.4, 0.5) is 5.69 Å². The van der Waals surface area contributed by atoms with E-state index in [0.29, 0.717) is 27.7 Å². The molecule has 1 amide bonds. The minimum atomic E-state index is 0.0610. The average molecular weight is 313 g/mol. The first-order valence-corrected chi connectivity index (χ1v) is 7.55. The Hall–Kier alpha value is -2.33. The van der Waals surface area contributed by atoms with Gasteiger partial charge in [0, 0.05) is 11.6 Å². The Balaban J connectivity index is 1.71. The van der Waals surface area contributed by atoms with Crippen molar-refractivity contribution in [2.75, 3.05) is 5.32 Å². The molecule has 0 unspecified atom stereocenters. The van der Waals surface area contributed by atoms with E-state index in [1.54, 1.807) is 18.2 Å². The predicted molar refractivity (Wildman–Crippen MR) is 85.8 cm³/mol. The molecule has 1 saturated carbocycles. The maximum atomic E-state index is 11.9. The second-order valence-corrected chi connectivity index (χ2v) is 5.85. The van der Waals surface area contributed by atoms with Gasteiger partial charge in [-0.05, 0) is 43.2 Å². The van der Waals surface area contributed by atoms with E-state index < -0.39 is 0 Å². The normalized spacial score (nSPS) is 14.2. The molecule has 0 bridgehead atoms. The molecule has 1 aliphatic rings. The Kier molecular flexibility index (Phi) is 3.12. The highest BCUT2D eigenvalue weighted by atomic mass is 35.5. The first kappa shape index (κ1) is 13.3. The molecular formula is C17H13ClN2O2. The van der Waals surface area contributed by atoms with Crippen LogP contribution in [0.1, 0.15) is 12.8 Å². The summed E-state index contributed by atoms with van der Waals surface area (Å²) in [5.41, 5.74) is 2.87. The van der Waals surface area contributed by atoms with Crippen LogP contribution in [0.25, 0.3) is 22.6 Å². The van der Waals surface area contributed by atoms with Crippen molar-refractivity contribution in [3.05, 3.63) is 47.5 Å². The van der Waals surface area contributed by atoms with Crippen LogP contribution in [-0.2, 0) is 4.79 Å². The van der Waals surface area contributed by atoms with E-state index in [-0.39, 0.29) is 11.8 Å². The number of hydrogen-bond donors (Lipinski definition) is 1. The molecule has 4 rings (SSSR count). The van der Waals surface area contributed by atoms with Gasteiger partial charge in [-0.3, -0.25) is 4.79 Å². The molecule has 5 heteroatoms. The second kappa shape index (κ2) is 5.14. The molecule has 0 atom stereocenters. The SMILES string of the molecule is O=C(Nc1ccc(Cl)c(-c2nc3ccccc3o2)c1)C1CC1. The molecule has 1 heterocycles. The highest BCUT2D eigenvalue weighted by Gasteiger charge is 2.29. The number of oxazole rings is 1. The van der Waals surface area contributed by atoms with Crippen LogP contribution in [0, 0.1) is 5.92 Å². The van der Waals surface area contributed by atoms with E-state index in [1.807, 2.05) is 24.3 Å². The van der Waals surface area contributed by atoms with E-state index in [0.717, 1.165) is 18.4 Å². The molecule has 1 aliphatic carbocycles. The molecule has 1 N–H and O–H groups in total. The van der Waals surface area contributed by atoms with Crippen molar-refractivity contribution in [2.24, 2.45) is 5.92 Å². The minimum absolute atomic E-state index is 0.0610. The molecule has 0 aliphatic heterocycles. The maximum absolute atomic E-state index is 11.9. The number of nitrogens with zero attached hydrogens (tertiary/aromatic N) is 1. The van der Waals surface area contributed by atoms with Gasteiger partial charge >= 0.3 is 0 Å². The monoisotopic (exact) mass is 312 g/mol. The summed E-state index contributed by atoms with van der Waals surface area (Å²) in [6, 6.07) is 12.9. The number of carbonyl (C=O) groups excluding carboxylic acids is 1. The molecule has 3 aromatic rings. The summed E-state index contributed by atoms with van der Waals surface area (Å²) < 4.78 is 5.75. The lowest BCUT2D eigenvalue weighted by Crippen LogP contribution is -2.13. The smallest absolute Gasteiger partial charge is 0.228 e. The third-order valence-corrected chi connectivity index (χ3v) is 4.04. The van der Waals surface area contributed by atoms with Gasteiger partial charge in [-0.2, -0.15) is 0 Å². The summed E-state index contributed by atoms with van der Waals surface area (Å²) in [6.45, 7) is 0. The highest BCUT2D eigenvalue weighted by molar-refractivity contribution is 6.33. The summed E-state index contributed by atoms with van der Waals surface area (Å²) in [4.78, 5) is 16.3. The Morgan fingerprint density at radius 1 is 1.23 bits per heavy atom. The van der Waals surface area contributed by atoms with Gasteiger partial charge in [0.2, 0.25) is 11.8 Å².